The van der Waals surface area contributed by atoms with E-state index in [1.807, 2.05) is 30.5 Å². The molecule has 4 nitrogen and oxygen atoms in total. The smallest absolute Gasteiger partial charge is 0.258 e. The highest BCUT2D eigenvalue weighted by molar-refractivity contribution is 7.09. The zero-order valence-corrected chi connectivity index (χ0v) is 12.2. The summed E-state index contributed by atoms with van der Waals surface area (Å²) in [4.78, 5) is 13.0. The molecule has 1 aromatic carbocycles. The molecule has 0 aliphatic heterocycles. The summed E-state index contributed by atoms with van der Waals surface area (Å²) in [5.41, 5.74) is 6.28. The zero-order valence-electron chi connectivity index (χ0n) is 11.3. The van der Waals surface area contributed by atoms with E-state index in [1.54, 1.807) is 23.5 Å². The summed E-state index contributed by atoms with van der Waals surface area (Å²) in [6.07, 6.45) is 0.830. The van der Waals surface area contributed by atoms with Crippen LogP contribution >= 0.6 is 11.3 Å². The lowest BCUT2D eigenvalue weighted by molar-refractivity contribution is -0.123. The van der Waals surface area contributed by atoms with E-state index < -0.39 is 0 Å². The van der Waals surface area contributed by atoms with Crippen LogP contribution < -0.4 is 15.8 Å². The molecule has 0 radical (unpaired) electrons. The minimum absolute atomic E-state index is 0.0248. The van der Waals surface area contributed by atoms with Crippen molar-refractivity contribution < 1.29 is 9.53 Å². The predicted octanol–water partition coefficient (Wildman–Crippen LogP) is 2.46. The van der Waals surface area contributed by atoms with Crippen molar-refractivity contribution >= 4 is 22.9 Å². The highest BCUT2D eigenvalue weighted by Crippen LogP contribution is 2.19. The number of anilines is 1. The molecule has 0 aliphatic rings. The third kappa shape index (κ3) is 4.28. The molecule has 5 heteroatoms. The second kappa shape index (κ2) is 6.96. The second-order valence-electron chi connectivity index (χ2n) is 4.58. The van der Waals surface area contributed by atoms with Crippen molar-refractivity contribution in [2.24, 2.45) is 0 Å². The van der Waals surface area contributed by atoms with Crippen LogP contribution in [-0.2, 0) is 11.2 Å². The van der Waals surface area contributed by atoms with Gasteiger partial charge in [0, 0.05) is 17.3 Å². The van der Waals surface area contributed by atoms with Gasteiger partial charge in [-0.2, -0.15) is 0 Å². The zero-order chi connectivity index (χ0) is 14.4. The van der Waals surface area contributed by atoms with Crippen LogP contribution in [0.15, 0.2) is 41.8 Å². The van der Waals surface area contributed by atoms with E-state index in [1.165, 1.54) is 4.88 Å². The Morgan fingerprint density at radius 2 is 2.15 bits per heavy atom. The predicted molar refractivity (Wildman–Crippen MR) is 82.0 cm³/mol. The fraction of sp³-hybridized carbons (Fsp3) is 0.267. The van der Waals surface area contributed by atoms with Gasteiger partial charge in [0.25, 0.3) is 5.91 Å². The van der Waals surface area contributed by atoms with E-state index >= 15 is 0 Å². The van der Waals surface area contributed by atoms with Crippen molar-refractivity contribution in [2.75, 3.05) is 12.3 Å². The molecule has 1 amide bonds. The third-order valence-electron chi connectivity index (χ3n) is 2.77. The monoisotopic (exact) mass is 290 g/mol. The molecule has 1 heterocycles. The minimum atomic E-state index is -0.141. The van der Waals surface area contributed by atoms with Crippen LogP contribution in [0.5, 0.6) is 5.75 Å². The first-order valence-corrected chi connectivity index (χ1v) is 7.32. The maximum absolute atomic E-state index is 11.8. The summed E-state index contributed by atoms with van der Waals surface area (Å²) in [7, 11) is 0. The van der Waals surface area contributed by atoms with Crippen molar-refractivity contribution in [3.05, 3.63) is 46.7 Å². The van der Waals surface area contributed by atoms with E-state index in [2.05, 4.69) is 11.4 Å². The number of benzene rings is 1. The molecule has 2 aromatic rings. The number of amides is 1. The summed E-state index contributed by atoms with van der Waals surface area (Å²) < 4.78 is 5.40. The van der Waals surface area contributed by atoms with Crippen LogP contribution in [0.1, 0.15) is 11.8 Å². The number of nitrogen functional groups attached to an aromatic ring is 1. The number of nitrogens with one attached hydrogen (secondary N) is 1. The fourth-order valence-corrected chi connectivity index (χ4v) is 2.69. The van der Waals surface area contributed by atoms with Crippen LogP contribution in [0.2, 0.25) is 0 Å². The molecule has 1 unspecified atom stereocenters. The number of carbonyl (C=O) groups is 1. The summed E-state index contributed by atoms with van der Waals surface area (Å²) >= 11 is 1.69. The van der Waals surface area contributed by atoms with Gasteiger partial charge in [-0.3, -0.25) is 4.79 Å². The quantitative estimate of drug-likeness (QED) is 0.803. The van der Waals surface area contributed by atoms with Crippen molar-refractivity contribution in [2.45, 2.75) is 19.4 Å². The Morgan fingerprint density at radius 3 is 2.85 bits per heavy atom. The van der Waals surface area contributed by atoms with Crippen molar-refractivity contribution in [3.8, 4) is 5.75 Å². The maximum Gasteiger partial charge on any atom is 0.258 e. The summed E-state index contributed by atoms with van der Waals surface area (Å²) in [5.74, 6) is 0.394. The SMILES string of the molecule is CC(Cc1cccs1)NC(=O)COc1ccccc1N. The van der Waals surface area contributed by atoms with Gasteiger partial charge in [-0.1, -0.05) is 18.2 Å². The standard InChI is InChI=1S/C15H18N2O2S/c1-11(9-12-5-4-8-20-12)17-15(18)10-19-14-7-3-2-6-13(14)16/h2-8,11H,9-10,16H2,1H3,(H,17,18). The molecule has 20 heavy (non-hydrogen) atoms. The van der Waals surface area contributed by atoms with E-state index in [4.69, 9.17) is 10.5 Å². The highest BCUT2D eigenvalue weighted by atomic mass is 32.1. The van der Waals surface area contributed by atoms with E-state index in [0.717, 1.165) is 6.42 Å². The van der Waals surface area contributed by atoms with Gasteiger partial charge in [0.05, 0.1) is 5.69 Å². The lowest BCUT2D eigenvalue weighted by Crippen LogP contribution is -2.37. The molecule has 0 saturated heterocycles. The van der Waals surface area contributed by atoms with E-state index in [0.29, 0.717) is 11.4 Å². The van der Waals surface area contributed by atoms with E-state index in [-0.39, 0.29) is 18.6 Å². The van der Waals surface area contributed by atoms with Gasteiger partial charge in [0.15, 0.2) is 6.61 Å². The maximum atomic E-state index is 11.8. The second-order valence-corrected chi connectivity index (χ2v) is 5.61. The molecule has 0 fully saturated rings. The summed E-state index contributed by atoms with van der Waals surface area (Å²) in [5, 5.41) is 4.94. The Hall–Kier alpha value is -2.01. The van der Waals surface area contributed by atoms with Crippen molar-refractivity contribution in [1.82, 2.24) is 5.32 Å². The molecular weight excluding hydrogens is 272 g/mol. The Balaban J connectivity index is 1.76. The first kappa shape index (κ1) is 14.4. The molecule has 3 N–H and O–H groups in total. The van der Waals surface area contributed by atoms with Gasteiger partial charge >= 0.3 is 0 Å². The Bertz CT molecular complexity index is 555. The summed E-state index contributed by atoms with van der Waals surface area (Å²) in [6, 6.07) is 11.3. The Morgan fingerprint density at radius 1 is 1.35 bits per heavy atom. The first-order valence-electron chi connectivity index (χ1n) is 6.44. The first-order chi connectivity index (χ1) is 9.65. The normalized spacial score (nSPS) is 11.8. The average molecular weight is 290 g/mol. The van der Waals surface area contributed by atoms with Gasteiger partial charge < -0.3 is 15.8 Å². The average Bonchev–Trinajstić information content (AvgIpc) is 2.90. The van der Waals surface area contributed by atoms with Crippen LogP contribution in [-0.4, -0.2) is 18.6 Å². The van der Waals surface area contributed by atoms with Gasteiger partial charge in [-0.25, -0.2) is 0 Å². The van der Waals surface area contributed by atoms with Gasteiger partial charge in [-0.05, 0) is 30.5 Å². The molecule has 106 valence electrons. The van der Waals surface area contributed by atoms with Crippen LogP contribution in [0.25, 0.3) is 0 Å². The number of para-hydroxylation sites is 2. The van der Waals surface area contributed by atoms with Gasteiger partial charge in [0.2, 0.25) is 0 Å². The van der Waals surface area contributed by atoms with E-state index in [9.17, 15) is 4.79 Å². The van der Waals surface area contributed by atoms with Crippen molar-refractivity contribution in [1.29, 1.82) is 0 Å². The molecule has 0 saturated carbocycles. The number of rotatable bonds is 6. The fourth-order valence-electron chi connectivity index (χ4n) is 1.85. The van der Waals surface area contributed by atoms with Crippen LogP contribution in [0.4, 0.5) is 5.69 Å². The number of hydrogen-bond acceptors (Lipinski definition) is 4. The lowest BCUT2D eigenvalue weighted by atomic mass is 10.2. The Kier molecular flexibility index (Phi) is 5.01. The van der Waals surface area contributed by atoms with Crippen molar-refractivity contribution in [3.63, 3.8) is 0 Å². The third-order valence-corrected chi connectivity index (χ3v) is 3.67. The van der Waals surface area contributed by atoms with Crippen LogP contribution in [0, 0.1) is 0 Å². The molecular formula is C15H18N2O2S. The summed E-state index contributed by atoms with van der Waals surface area (Å²) in [6.45, 7) is 1.96. The lowest BCUT2D eigenvalue weighted by Gasteiger charge is -2.14. The molecule has 0 spiro atoms. The molecule has 0 aliphatic carbocycles. The largest absolute Gasteiger partial charge is 0.482 e. The van der Waals surface area contributed by atoms with Crippen LogP contribution in [0.3, 0.4) is 0 Å². The topological polar surface area (TPSA) is 64.3 Å². The highest BCUT2D eigenvalue weighted by Gasteiger charge is 2.10. The molecule has 1 atom stereocenters. The number of carbonyl (C=O) groups excluding carboxylic acids is 1. The molecule has 0 bridgehead atoms. The number of nitrogens with two attached hydrogens (primary N) is 1. The Labute approximate surface area is 122 Å². The number of ether oxygens (including phenoxy) is 1. The molecule has 1 aromatic heterocycles. The minimum Gasteiger partial charge on any atom is -0.482 e. The number of thiophene rings is 1. The molecule has 2 rings (SSSR count). The van der Waals surface area contributed by atoms with Gasteiger partial charge in [0.1, 0.15) is 5.75 Å². The number of hydrogen-bond donors (Lipinski definition) is 2. The van der Waals surface area contributed by atoms with Gasteiger partial charge in [-0.15, -0.1) is 11.3 Å².